The van der Waals surface area contributed by atoms with Gasteiger partial charge < -0.3 is 15.1 Å². The molecular weight excluding hydrogens is 298 g/mol. The highest BCUT2D eigenvalue weighted by Crippen LogP contribution is 2.21. The highest BCUT2D eigenvalue weighted by Gasteiger charge is 2.18. The van der Waals surface area contributed by atoms with Crippen LogP contribution in [0, 0.1) is 28.9 Å². The highest BCUT2D eigenvalue weighted by molar-refractivity contribution is 5.50. The van der Waals surface area contributed by atoms with E-state index in [2.05, 4.69) is 29.0 Å². The monoisotopic (exact) mass is 322 g/mol. The molecule has 1 N–H and O–H groups in total. The number of likely N-dealkylation sites (N-methyl/N-ethyl adjacent to an activating group) is 1. The van der Waals surface area contributed by atoms with E-state index in [4.69, 9.17) is 5.26 Å². The van der Waals surface area contributed by atoms with Gasteiger partial charge in [0.1, 0.15) is 5.69 Å². The summed E-state index contributed by atoms with van der Waals surface area (Å²) in [6.45, 7) is 11.0. The van der Waals surface area contributed by atoms with E-state index in [1.54, 1.807) is 6.07 Å². The van der Waals surface area contributed by atoms with Crippen molar-refractivity contribution in [3.8, 4) is 6.07 Å². The van der Waals surface area contributed by atoms with Gasteiger partial charge in [-0.15, -0.1) is 0 Å². The standard InChI is InChI=1S/C17H24F2N4/c1-3-22-4-6-23(7-5-22)12-13(2)11-21-17-15(18)8-14(10-20)9-16(17)19/h8-9,13,21H,3-7,11-12H2,1-2H3. The molecule has 0 bridgehead atoms. The average Bonchev–Trinajstić information content (AvgIpc) is 2.54. The van der Waals surface area contributed by atoms with Crippen LogP contribution < -0.4 is 5.32 Å². The maximum atomic E-state index is 13.8. The van der Waals surface area contributed by atoms with E-state index in [1.807, 2.05) is 0 Å². The Labute approximate surface area is 136 Å². The lowest BCUT2D eigenvalue weighted by atomic mass is 10.1. The maximum absolute atomic E-state index is 13.8. The fourth-order valence-corrected chi connectivity index (χ4v) is 2.88. The number of nitriles is 1. The Bertz CT molecular complexity index is 539. The molecule has 4 nitrogen and oxygen atoms in total. The minimum Gasteiger partial charge on any atom is -0.380 e. The normalized spacial score (nSPS) is 17.7. The first-order valence-corrected chi connectivity index (χ1v) is 8.11. The van der Waals surface area contributed by atoms with Crippen molar-refractivity contribution in [3.63, 3.8) is 0 Å². The van der Waals surface area contributed by atoms with E-state index in [-0.39, 0.29) is 17.2 Å². The number of benzene rings is 1. The summed E-state index contributed by atoms with van der Waals surface area (Å²) >= 11 is 0. The second kappa shape index (κ2) is 8.23. The van der Waals surface area contributed by atoms with Crippen molar-refractivity contribution in [2.75, 3.05) is 51.1 Å². The molecule has 1 atom stereocenters. The number of anilines is 1. The molecule has 0 radical (unpaired) electrons. The molecule has 1 aliphatic heterocycles. The Kier molecular flexibility index (Phi) is 6.31. The summed E-state index contributed by atoms with van der Waals surface area (Å²) in [5.41, 5.74) is -0.154. The van der Waals surface area contributed by atoms with Crippen LogP contribution in [0.25, 0.3) is 0 Å². The second-order valence-corrected chi connectivity index (χ2v) is 6.15. The zero-order valence-electron chi connectivity index (χ0n) is 13.8. The van der Waals surface area contributed by atoms with Crippen LogP contribution in [0.2, 0.25) is 0 Å². The fourth-order valence-electron chi connectivity index (χ4n) is 2.88. The Balaban J connectivity index is 1.83. The van der Waals surface area contributed by atoms with Crippen LogP contribution in [0.3, 0.4) is 0 Å². The van der Waals surface area contributed by atoms with Gasteiger partial charge in [-0.1, -0.05) is 13.8 Å². The summed E-state index contributed by atoms with van der Waals surface area (Å²) in [5.74, 6) is -1.16. The van der Waals surface area contributed by atoms with Gasteiger partial charge in [0.2, 0.25) is 0 Å². The van der Waals surface area contributed by atoms with Crippen LogP contribution in [-0.2, 0) is 0 Å². The second-order valence-electron chi connectivity index (χ2n) is 6.15. The van der Waals surface area contributed by atoms with E-state index < -0.39 is 11.6 Å². The van der Waals surface area contributed by atoms with Crippen LogP contribution >= 0.6 is 0 Å². The molecule has 1 heterocycles. The Morgan fingerprint density at radius 3 is 2.26 bits per heavy atom. The third-order valence-corrected chi connectivity index (χ3v) is 4.28. The number of piperazine rings is 1. The van der Waals surface area contributed by atoms with Crippen molar-refractivity contribution in [1.29, 1.82) is 5.26 Å². The molecule has 1 aromatic rings. The quantitative estimate of drug-likeness (QED) is 0.874. The molecule has 1 aromatic carbocycles. The molecule has 0 aromatic heterocycles. The van der Waals surface area contributed by atoms with Gasteiger partial charge in [0.05, 0.1) is 11.6 Å². The molecule has 23 heavy (non-hydrogen) atoms. The summed E-state index contributed by atoms with van der Waals surface area (Å²) in [4.78, 5) is 4.81. The molecule has 1 unspecified atom stereocenters. The lowest BCUT2D eigenvalue weighted by molar-refractivity contribution is 0.126. The number of nitrogens with one attached hydrogen (secondary N) is 1. The molecule has 1 fully saturated rings. The van der Waals surface area contributed by atoms with Gasteiger partial charge >= 0.3 is 0 Å². The Hall–Kier alpha value is -1.71. The first kappa shape index (κ1) is 17.6. The van der Waals surface area contributed by atoms with E-state index >= 15 is 0 Å². The average molecular weight is 322 g/mol. The number of nitrogens with zero attached hydrogens (tertiary/aromatic N) is 3. The van der Waals surface area contributed by atoms with Gasteiger partial charge in [0.25, 0.3) is 0 Å². The number of rotatable bonds is 6. The first-order valence-electron chi connectivity index (χ1n) is 8.11. The molecule has 126 valence electrons. The summed E-state index contributed by atoms with van der Waals surface area (Å²) < 4.78 is 27.6. The maximum Gasteiger partial charge on any atom is 0.150 e. The number of hydrogen-bond donors (Lipinski definition) is 1. The first-order chi connectivity index (χ1) is 11.0. The topological polar surface area (TPSA) is 42.3 Å². The van der Waals surface area contributed by atoms with Crippen molar-refractivity contribution >= 4 is 5.69 Å². The molecule has 6 heteroatoms. The predicted octanol–water partition coefficient (Wildman–Crippen LogP) is 2.52. The van der Waals surface area contributed by atoms with E-state index in [1.165, 1.54) is 0 Å². The van der Waals surface area contributed by atoms with Gasteiger partial charge in [0, 0.05) is 39.3 Å². The van der Waals surface area contributed by atoms with Crippen molar-refractivity contribution in [3.05, 3.63) is 29.3 Å². The molecule has 1 saturated heterocycles. The van der Waals surface area contributed by atoms with E-state index in [0.29, 0.717) is 6.54 Å². The highest BCUT2D eigenvalue weighted by atomic mass is 19.1. The Morgan fingerprint density at radius 2 is 1.74 bits per heavy atom. The van der Waals surface area contributed by atoms with Gasteiger partial charge in [-0.3, -0.25) is 0 Å². The zero-order valence-corrected chi connectivity index (χ0v) is 13.8. The van der Waals surface area contributed by atoms with Gasteiger partial charge in [-0.25, -0.2) is 8.78 Å². The third kappa shape index (κ3) is 4.88. The molecule has 2 rings (SSSR count). The summed E-state index contributed by atoms with van der Waals surface area (Å²) in [5, 5.41) is 11.5. The van der Waals surface area contributed by atoms with Crippen LogP contribution in [0.4, 0.5) is 14.5 Å². The van der Waals surface area contributed by atoms with Crippen LogP contribution in [0.1, 0.15) is 19.4 Å². The minimum absolute atomic E-state index is 0.00704. The Morgan fingerprint density at radius 1 is 1.17 bits per heavy atom. The summed E-state index contributed by atoms with van der Waals surface area (Å²) in [6, 6.07) is 3.86. The molecule has 0 saturated carbocycles. The van der Waals surface area contributed by atoms with Crippen molar-refractivity contribution in [2.24, 2.45) is 5.92 Å². The predicted molar refractivity (Wildman–Crippen MR) is 87.3 cm³/mol. The van der Waals surface area contributed by atoms with E-state index in [9.17, 15) is 8.78 Å². The zero-order chi connectivity index (χ0) is 16.8. The van der Waals surface area contributed by atoms with Gasteiger partial charge in [-0.2, -0.15) is 5.26 Å². The van der Waals surface area contributed by atoms with Crippen LogP contribution in [0.15, 0.2) is 12.1 Å². The van der Waals surface area contributed by atoms with Crippen molar-refractivity contribution in [2.45, 2.75) is 13.8 Å². The summed E-state index contributed by atoms with van der Waals surface area (Å²) in [6.07, 6.45) is 0. The fraction of sp³-hybridized carbons (Fsp3) is 0.588. The van der Waals surface area contributed by atoms with Crippen molar-refractivity contribution in [1.82, 2.24) is 9.80 Å². The molecule has 0 aliphatic carbocycles. The molecule has 0 spiro atoms. The third-order valence-electron chi connectivity index (χ3n) is 4.28. The summed E-state index contributed by atoms with van der Waals surface area (Å²) in [7, 11) is 0. The number of halogens is 2. The SMILES string of the molecule is CCN1CCN(CC(C)CNc2c(F)cc(C#N)cc2F)CC1. The van der Waals surface area contributed by atoms with Crippen molar-refractivity contribution < 1.29 is 8.78 Å². The molecular formula is C17H24F2N4. The van der Waals surface area contributed by atoms with Gasteiger partial charge in [0.15, 0.2) is 11.6 Å². The number of hydrogen-bond acceptors (Lipinski definition) is 4. The van der Waals surface area contributed by atoms with Crippen LogP contribution in [-0.4, -0.2) is 55.6 Å². The molecule has 1 aliphatic rings. The molecule has 0 amide bonds. The lowest BCUT2D eigenvalue weighted by Crippen LogP contribution is -2.47. The lowest BCUT2D eigenvalue weighted by Gasteiger charge is -2.35. The van der Waals surface area contributed by atoms with E-state index in [0.717, 1.165) is 51.4 Å². The minimum atomic E-state index is -0.717. The smallest absolute Gasteiger partial charge is 0.150 e. The largest absolute Gasteiger partial charge is 0.380 e. The van der Waals surface area contributed by atoms with Gasteiger partial charge in [-0.05, 0) is 24.6 Å². The van der Waals surface area contributed by atoms with Crippen LogP contribution in [0.5, 0.6) is 0 Å².